The first-order chi connectivity index (χ1) is 7.66. The summed E-state index contributed by atoms with van der Waals surface area (Å²) in [7, 11) is 0. The Bertz CT molecular complexity index is 451. The maximum Gasteiger partial charge on any atom is 0.326 e. The van der Waals surface area contributed by atoms with Crippen LogP contribution < -0.4 is 10.6 Å². The van der Waals surface area contributed by atoms with Gasteiger partial charge in [-0.3, -0.25) is 10.1 Å². The lowest BCUT2D eigenvalue weighted by Crippen LogP contribution is -2.22. The average Bonchev–Trinajstić information content (AvgIpc) is 2.59. The van der Waals surface area contributed by atoms with Crippen molar-refractivity contribution in [2.45, 2.75) is 12.8 Å². The predicted octanol–water partition coefficient (Wildman–Crippen LogP) is 1.51. The van der Waals surface area contributed by atoms with E-state index in [4.69, 9.17) is 0 Å². The summed E-state index contributed by atoms with van der Waals surface area (Å²) in [5.41, 5.74) is 1.42. The summed E-state index contributed by atoms with van der Waals surface area (Å²) >= 11 is 0. The molecular formula is C12H12N2O2. The van der Waals surface area contributed by atoms with E-state index in [0.29, 0.717) is 5.70 Å². The van der Waals surface area contributed by atoms with Gasteiger partial charge in [0.1, 0.15) is 5.70 Å². The van der Waals surface area contributed by atoms with E-state index in [-0.39, 0.29) is 11.8 Å². The molecule has 0 aromatic heterocycles. The summed E-state index contributed by atoms with van der Waals surface area (Å²) in [4.78, 5) is 22.2. The molecule has 0 saturated carbocycles. The third-order valence-corrected chi connectivity index (χ3v) is 2.46. The third-order valence-electron chi connectivity index (χ3n) is 2.46. The Morgan fingerprint density at radius 1 is 1.12 bits per heavy atom. The molecule has 1 aliphatic heterocycles. The van der Waals surface area contributed by atoms with Gasteiger partial charge in [-0.1, -0.05) is 37.3 Å². The van der Waals surface area contributed by atoms with Gasteiger partial charge in [0, 0.05) is 5.92 Å². The van der Waals surface area contributed by atoms with Crippen molar-refractivity contribution in [2.75, 3.05) is 0 Å². The molecule has 1 aromatic rings. The molecule has 3 amide bonds. The molecule has 0 radical (unpaired) electrons. The van der Waals surface area contributed by atoms with Crippen molar-refractivity contribution in [1.29, 1.82) is 0 Å². The fraction of sp³-hybridized carbons (Fsp3) is 0.167. The van der Waals surface area contributed by atoms with Crippen LogP contribution in [0.2, 0.25) is 0 Å². The molecule has 0 bridgehead atoms. The average molecular weight is 216 g/mol. The van der Waals surface area contributed by atoms with E-state index in [0.717, 1.165) is 5.56 Å². The van der Waals surface area contributed by atoms with Gasteiger partial charge in [-0.05, 0) is 11.6 Å². The normalized spacial score (nSPS) is 19.4. The molecule has 1 aromatic carbocycles. The minimum atomic E-state index is -0.462. The number of carbonyl (C=O) groups excluding carboxylic acids is 2. The first kappa shape index (κ1) is 10.4. The minimum absolute atomic E-state index is 0.0837. The van der Waals surface area contributed by atoms with Crippen LogP contribution in [0.15, 0.2) is 42.1 Å². The van der Waals surface area contributed by atoms with Crippen molar-refractivity contribution in [1.82, 2.24) is 10.6 Å². The molecule has 1 aliphatic rings. The highest BCUT2D eigenvalue weighted by molar-refractivity contribution is 6.11. The SMILES string of the molecule is CC(/C=C1/NC(=O)NC1=O)c1ccccc1. The second-order valence-electron chi connectivity index (χ2n) is 3.69. The fourth-order valence-corrected chi connectivity index (χ4v) is 1.60. The maximum atomic E-state index is 11.3. The number of hydrogen-bond donors (Lipinski definition) is 2. The van der Waals surface area contributed by atoms with Crippen LogP contribution >= 0.6 is 0 Å². The van der Waals surface area contributed by atoms with E-state index >= 15 is 0 Å². The molecule has 2 rings (SSSR count). The van der Waals surface area contributed by atoms with Crippen LogP contribution in [0, 0.1) is 0 Å². The first-order valence-electron chi connectivity index (χ1n) is 5.06. The maximum absolute atomic E-state index is 11.3. The highest BCUT2D eigenvalue weighted by atomic mass is 16.2. The van der Waals surface area contributed by atoms with Crippen molar-refractivity contribution in [3.63, 3.8) is 0 Å². The summed E-state index contributed by atoms with van der Waals surface area (Å²) < 4.78 is 0. The molecule has 1 unspecified atom stereocenters. The van der Waals surface area contributed by atoms with Gasteiger partial charge in [-0.2, -0.15) is 0 Å². The number of allylic oxidation sites excluding steroid dienone is 1. The molecular weight excluding hydrogens is 204 g/mol. The third kappa shape index (κ3) is 2.11. The number of benzene rings is 1. The zero-order valence-electron chi connectivity index (χ0n) is 8.86. The number of carbonyl (C=O) groups is 2. The van der Waals surface area contributed by atoms with Gasteiger partial charge in [-0.15, -0.1) is 0 Å². The Morgan fingerprint density at radius 2 is 1.81 bits per heavy atom. The molecule has 4 nitrogen and oxygen atoms in total. The lowest BCUT2D eigenvalue weighted by Gasteiger charge is -2.06. The topological polar surface area (TPSA) is 58.2 Å². The second kappa shape index (κ2) is 4.18. The Balaban J connectivity index is 2.18. The molecule has 1 fully saturated rings. The van der Waals surface area contributed by atoms with Crippen LogP contribution in [0.3, 0.4) is 0 Å². The van der Waals surface area contributed by atoms with E-state index in [1.165, 1.54) is 0 Å². The summed E-state index contributed by atoms with van der Waals surface area (Å²) in [6.45, 7) is 1.97. The van der Waals surface area contributed by atoms with Gasteiger partial charge in [0.25, 0.3) is 5.91 Å². The van der Waals surface area contributed by atoms with Gasteiger partial charge < -0.3 is 5.32 Å². The van der Waals surface area contributed by atoms with E-state index in [2.05, 4.69) is 10.6 Å². The highest BCUT2D eigenvalue weighted by Gasteiger charge is 2.23. The molecule has 2 N–H and O–H groups in total. The summed E-state index contributed by atoms with van der Waals surface area (Å²) in [6.07, 6.45) is 1.75. The monoisotopic (exact) mass is 216 g/mol. The van der Waals surface area contributed by atoms with Crippen molar-refractivity contribution in [3.8, 4) is 0 Å². The summed E-state index contributed by atoms with van der Waals surface area (Å²) in [5.74, 6) is -0.284. The Kier molecular flexibility index (Phi) is 2.72. The minimum Gasteiger partial charge on any atom is -0.303 e. The van der Waals surface area contributed by atoms with Crippen LogP contribution in [0.5, 0.6) is 0 Å². The smallest absolute Gasteiger partial charge is 0.303 e. The van der Waals surface area contributed by atoms with Crippen LogP contribution in [0.25, 0.3) is 0 Å². The quantitative estimate of drug-likeness (QED) is 0.581. The molecule has 16 heavy (non-hydrogen) atoms. The van der Waals surface area contributed by atoms with E-state index in [1.807, 2.05) is 37.3 Å². The van der Waals surface area contributed by atoms with E-state index in [9.17, 15) is 9.59 Å². The van der Waals surface area contributed by atoms with Gasteiger partial charge in [-0.25, -0.2) is 4.79 Å². The van der Waals surface area contributed by atoms with E-state index < -0.39 is 6.03 Å². The molecule has 82 valence electrons. The van der Waals surface area contributed by atoms with Gasteiger partial charge in [0.2, 0.25) is 0 Å². The van der Waals surface area contributed by atoms with Crippen molar-refractivity contribution in [2.24, 2.45) is 0 Å². The zero-order chi connectivity index (χ0) is 11.5. The number of urea groups is 1. The van der Waals surface area contributed by atoms with Crippen molar-refractivity contribution in [3.05, 3.63) is 47.7 Å². The molecule has 1 atom stereocenters. The van der Waals surface area contributed by atoms with Crippen molar-refractivity contribution < 1.29 is 9.59 Å². The Morgan fingerprint density at radius 3 is 2.38 bits per heavy atom. The summed E-state index contributed by atoms with van der Waals surface area (Å²) in [6, 6.07) is 9.33. The summed E-state index contributed by atoms with van der Waals surface area (Å²) in [5, 5.41) is 4.63. The van der Waals surface area contributed by atoms with Gasteiger partial charge in [0.05, 0.1) is 0 Å². The number of amides is 3. The molecule has 0 aliphatic carbocycles. The lowest BCUT2D eigenvalue weighted by atomic mass is 10.0. The predicted molar refractivity (Wildman–Crippen MR) is 59.6 cm³/mol. The number of hydrogen-bond acceptors (Lipinski definition) is 2. The Labute approximate surface area is 93.3 Å². The highest BCUT2D eigenvalue weighted by Crippen LogP contribution is 2.17. The van der Waals surface area contributed by atoms with Crippen LogP contribution in [-0.4, -0.2) is 11.9 Å². The fourth-order valence-electron chi connectivity index (χ4n) is 1.60. The molecule has 1 heterocycles. The molecule has 4 heteroatoms. The van der Waals surface area contributed by atoms with E-state index in [1.54, 1.807) is 6.08 Å². The second-order valence-corrected chi connectivity index (χ2v) is 3.69. The molecule has 0 spiro atoms. The largest absolute Gasteiger partial charge is 0.326 e. The number of imide groups is 1. The van der Waals surface area contributed by atoms with Crippen molar-refractivity contribution >= 4 is 11.9 Å². The standard InChI is InChI=1S/C12H12N2O2/c1-8(9-5-3-2-4-6-9)7-10-11(15)14-12(16)13-10/h2-8H,1H3,(H2,13,14,15,16)/b10-7+. The lowest BCUT2D eigenvalue weighted by molar-refractivity contribution is -0.115. The first-order valence-corrected chi connectivity index (χ1v) is 5.06. The molecule has 1 saturated heterocycles. The van der Waals surface area contributed by atoms with Gasteiger partial charge in [0.15, 0.2) is 0 Å². The number of rotatable bonds is 2. The zero-order valence-corrected chi connectivity index (χ0v) is 8.86. The number of nitrogens with one attached hydrogen (secondary N) is 2. The van der Waals surface area contributed by atoms with Gasteiger partial charge >= 0.3 is 6.03 Å². The Hall–Kier alpha value is -2.10. The van der Waals surface area contributed by atoms with Crippen LogP contribution in [0.1, 0.15) is 18.4 Å². The van der Waals surface area contributed by atoms with Crippen LogP contribution in [0.4, 0.5) is 4.79 Å². The van der Waals surface area contributed by atoms with Crippen LogP contribution in [-0.2, 0) is 4.79 Å².